The zero-order chi connectivity index (χ0) is 14.6. The van der Waals surface area contributed by atoms with E-state index in [1.165, 1.54) is 4.90 Å². The van der Waals surface area contributed by atoms with Gasteiger partial charge in [0.2, 0.25) is 11.8 Å². The number of nitrogens with zero attached hydrogens (tertiary/aromatic N) is 1. The summed E-state index contributed by atoms with van der Waals surface area (Å²) in [5.74, 6) is 0.209. The summed E-state index contributed by atoms with van der Waals surface area (Å²) in [4.78, 5) is 25.6. The van der Waals surface area contributed by atoms with Crippen LogP contribution >= 0.6 is 12.4 Å². The summed E-state index contributed by atoms with van der Waals surface area (Å²) in [6.07, 6.45) is 2.97. The number of carbonyl (C=O) groups is 2. The normalized spacial score (nSPS) is 22.1. The molecule has 118 valence electrons. The average molecular weight is 306 g/mol. The van der Waals surface area contributed by atoms with E-state index in [1.807, 2.05) is 20.8 Å². The van der Waals surface area contributed by atoms with Crippen molar-refractivity contribution in [3.63, 3.8) is 0 Å². The Morgan fingerprint density at radius 1 is 1.30 bits per heavy atom. The van der Waals surface area contributed by atoms with Gasteiger partial charge in [-0.25, -0.2) is 0 Å². The second kappa shape index (κ2) is 7.84. The van der Waals surface area contributed by atoms with Crippen LogP contribution in [0.15, 0.2) is 0 Å². The molecular weight excluding hydrogens is 278 g/mol. The van der Waals surface area contributed by atoms with Gasteiger partial charge in [0.15, 0.2) is 0 Å². The monoisotopic (exact) mass is 305 g/mol. The summed E-state index contributed by atoms with van der Waals surface area (Å²) in [5, 5.41) is 2.86. The van der Waals surface area contributed by atoms with Gasteiger partial charge in [-0.2, -0.15) is 0 Å². The molecule has 1 aliphatic rings. The van der Waals surface area contributed by atoms with Crippen molar-refractivity contribution in [2.75, 3.05) is 20.1 Å². The summed E-state index contributed by atoms with van der Waals surface area (Å²) in [6, 6.07) is 0. The number of hydrogen-bond acceptors (Lipinski definition) is 3. The van der Waals surface area contributed by atoms with Crippen molar-refractivity contribution < 1.29 is 9.59 Å². The molecule has 0 aromatic heterocycles. The van der Waals surface area contributed by atoms with Crippen LogP contribution in [0.2, 0.25) is 0 Å². The molecule has 0 aliphatic heterocycles. The van der Waals surface area contributed by atoms with E-state index in [1.54, 1.807) is 7.05 Å². The molecular formula is C14H28ClN3O2. The lowest BCUT2D eigenvalue weighted by Crippen LogP contribution is -2.47. The van der Waals surface area contributed by atoms with Crippen molar-refractivity contribution in [2.45, 2.75) is 45.6 Å². The summed E-state index contributed by atoms with van der Waals surface area (Å²) in [5.41, 5.74) is 5.43. The number of nitrogens with one attached hydrogen (secondary N) is 1. The van der Waals surface area contributed by atoms with Crippen LogP contribution < -0.4 is 11.1 Å². The van der Waals surface area contributed by atoms with E-state index in [0.29, 0.717) is 6.54 Å². The maximum atomic E-state index is 12.3. The van der Waals surface area contributed by atoms with Crippen molar-refractivity contribution in [1.82, 2.24) is 10.2 Å². The van der Waals surface area contributed by atoms with Gasteiger partial charge in [-0.3, -0.25) is 9.59 Å². The highest BCUT2D eigenvalue weighted by atomic mass is 35.5. The third kappa shape index (κ3) is 5.67. The minimum Gasteiger partial charge on any atom is -0.350 e. The highest BCUT2D eigenvalue weighted by Gasteiger charge is 2.34. The Kier molecular flexibility index (Phi) is 7.52. The molecule has 0 bridgehead atoms. The Balaban J connectivity index is 0.00000361. The Morgan fingerprint density at radius 2 is 1.90 bits per heavy atom. The van der Waals surface area contributed by atoms with E-state index in [0.717, 1.165) is 19.3 Å². The molecule has 0 aromatic carbocycles. The molecule has 0 saturated heterocycles. The van der Waals surface area contributed by atoms with Crippen LogP contribution in [0.3, 0.4) is 0 Å². The van der Waals surface area contributed by atoms with Gasteiger partial charge in [0.25, 0.3) is 0 Å². The summed E-state index contributed by atoms with van der Waals surface area (Å²) >= 11 is 0. The van der Waals surface area contributed by atoms with E-state index in [4.69, 9.17) is 5.73 Å². The Hall–Kier alpha value is -0.810. The fourth-order valence-electron chi connectivity index (χ4n) is 2.68. The minimum absolute atomic E-state index is 0. The van der Waals surface area contributed by atoms with E-state index in [-0.39, 0.29) is 48.1 Å². The second-order valence-corrected chi connectivity index (χ2v) is 6.53. The zero-order valence-electron chi connectivity index (χ0n) is 12.9. The number of rotatable bonds is 4. The lowest BCUT2D eigenvalue weighted by atomic mass is 9.95. The average Bonchev–Trinajstić information content (AvgIpc) is 2.72. The lowest BCUT2D eigenvalue weighted by molar-refractivity contribution is -0.139. The van der Waals surface area contributed by atoms with Gasteiger partial charge in [-0.1, -0.05) is 6.42 Å². The lowest BCUT2D eigenvalue weighted by Gasteiger charge is -2.26. The first-order valence-corrected chi connectivity index (χ1v) is 7.00. The van der Waals surface area contributed by atoms with E-state index in [9.17, 15) is 9.59 Å². The van der Waals surface area contributed by atoms with Crippen LogP contribution in [0.5, 0.6) is 0 Å². The van der Waals surface area contributed by atoms with Crippen molar-refractivity contribution >= 4 is 24.2 Å². The smallest absolute Gasteiger partial charge is 0.240 e. The van der Waals surface area contributed by atoms with Crippen LogP contribution in [-0.4, -0.2) is 42.4 Å². The van der Waals surface area contributed by atoms with Gasteiger partial charge in [0, 0.05) is 18.5 Å². The van der Waals surface area contributed by atoms with E-state index in [2.05, 4.69) is 5.32 Å². The maximum absolute atomic E-state index is 12.3. The fraction of sp³-hybridized carbons (Fsp3) is 0.857. The van der Waals surface area contributed by atoms with Gasteiger partial charge in [0.1, 0.15) is 0 Å². The predicted molar refractivity (Wildman–Crippen MR) is 82.7 cm³/mol. The number of amides is 2. The maximum Gasteiger partial charge on any atom is 0.240 e. The van der Waals surface area contributed by atoms with Crippen molar-refractivity contribution in [3.8, 4) is 0 Å². The summed E-state index contributed by atoms with van der Waals surface area (Å²) in [7, 11) is 1.69. The quantitative estimate of drug-likeness (QED) is 0.818. The van der Waals surface area contributed by atoms with Crippen molar-refractivity contribution in [3.05, 3.63) is 0 Å². The SMILES string of the molecule is CN(CC(=O)NC(C)(C)C)C(=O)[C@@H]1CCC[C@@H]1CN.Cl. The van der Waals surface area contributed by atoms with Crippen molar-refractivity contribution in [2.24, 2.45) is 17.6 Å². The molecule has 0 heterocycles. The van der Waals surface area contributed by atoms with Gasteiger partial charge in [-0.15, -0.1) is 12.4 Å². The van der Waals surface area contributed by atoms with E-state index >= 15 is 0 Å². The molecule has 2 amide bonds. The minimum atomic E-state index is -0.270. The Labute approximate surface area is 128 Å². The Bertz CT molecular complexity index is 342. The number of carbonyl (C=O) groups excluding carboxylic acids is 2. The first kappa shape index (κ1) is 19.2. The van der Waals surface area contributed by atoms with Gasteiger partial charge < -0.3 is 16.0 Å². The molecule has 3 N–H and O–H groups in total. The Morgan fingerprint density at radius 3 is 2.40 bits per heavy atom. The predicted octanol–water partition coefficient (Wildman–Crippen LogP) is 1.16. The number of hydrogen-bond donors (Lipinski definition) is 2. The first-order valence-electron chi connectivity index (χ1n) is 7.00. The first-order chi connectivity index (χ1) is 8.74. The largest absolute Gasteiger partial charge is 0.350 e. The molecule has 0 aromatic rings. The molecule has 1 fully saturated rings. The standard InChI is InChI=1S/C14H27N3O2.ClH/c1-14(2,3)16-12(18)9-17(4)13(19)11-7-5-6-10(11)8-15;/h10-11H,5-9,15H2,1-4H3,(H,16,18);1H/t10-,11-;/m1./s1. The van der Waals surface area contributed by atoms with Crippen LogP contribution in [0.25, 0.3) is 0 Å². The number of halogens is 1. The van der Waals surface area contributed by atoms with Crippen LogP contribution in [0, 0.1) is 11.8 Å². The fourth-order valence-corrected chi connectivity index (χ4v) is 2.68. The van der Waals surface area contributed by atoms with Crippen LogP contribution in [0.4, 0.5) is 0 Å². The molecule has 0 spiro atoms. The highest BCUT2D eigenvalue weighted by molar-refractivity contribution is 5.86. The molecule has 20 heavy (non-hydrogen) atoms. The topological polar surface area (TPSA) is 75.4 Å². The molecule has 5 nitrogen and oxygen atoms in total. The van der Waals surface area contributed by atoms with Crippen LogP contribution in [-0.2, 0) is 9.59 Å². The third-order valence-corrected chi connectivity index (χ3v) is 3.55. The molecule has 1 aliphatic carbocycles. The van der Waals surface area contributed by atoms with Gasteiger partial charge >= 0.3 is 0 Å². The summed E-state index contributed by atoms with van der Waals surface area (Å²) in [6.45, 7) is 6.44. The van der Waals surface area contributed by atoms with Crippen molar-refractivity contribution in [1.29, 1.82) is 0 Å². The highest BCUT2D eigenvalue weighted by Crippen LogP contribution is 2.32. The molecule has 6 heteroatoms. The number of likely N-dealkylation sites (N-methyl/N-ethyl adjacent to an activating group) is 1. The molecule has 1 saturated carbocycles. The molecule has 1 rings (SSSR count). The van der Waals surface area contributed by atoms with Gasteiger partial charge in [0.05, 0.1) is 6.54 Å². The second-order valence-electron chi connectivity index (χ2n) is 6.53. The molecule has 2 atom stereocenters. The summed E-state index contributed by atoms with van der Waals surface area (Å²) < 4.78 is 0. The van der Waals surface area contributed by atoms with E-state index < -0.39 is 0 Å². The van der Waals surface area contributed by atoms with Gasteiger partial charge in [-0.05, 0) is 46.1 Å². The molecule has 0 radical (unpaired) electrons. The van der Waals surface area contributed by atoms with Crippen LogP contribution in [0.1, 0.15) is 40.0 Å². The third-order valence-electron chi connectivity index (χ3n) is 3.55. The molecule has 0 unspecified atom stereocenters. The zero-order valence-corrected chi connectivity index (χ0v) is 13.8. The number of nitrogens with two attached hydrogens (primary N) is 1.